The van der Waals surface area contributed by atoms with Crippen LogP contribution in [0.4, 0.5) is 14.9 Å². The number of carbonyl (C=O) groups is 1. The lowest BCUT2D eigenvalue weighted by atomic mass is 10.1. The number of rotatable bonds is 4. The Kier molecular flexibility index (Phi) is 6.22. The molecule has 0 saturated carbocycles. The Hall–Kier alpha value is -1.98. The van der Waals surface area contributed by atoms with Crippen LogP contribution in [0.5, 0.6) is 0 Å². The third-order valence-corrected chi connectivity index (χ3v) is 5.03. The number of hydrogen-bond donors (Lipinski definition) is 1. The van der Waals surface area contributed by atoms with E-state index in [-0.39, 0.29) is 11.8 Å². The quantitative estimate of drug-likeness (QED) is 0.841. The maximum Gasteiger partial charge on any atom is 0.317 e. The molecule has 2 amide bonds. The van der Waals surface area contributed by atoms with Crippen molar-refractivity contribution in [2.75, 3.05) is 37.6 Å². The zero-order valence-electron chi connectivity index (χ0n) is 14.2. The summed E-state index contributed by atoms with van der Waals surface area (Å²) < 4.78 is 12.9. The lowest BCUT2D eigenvalue weighted by Crippen LogP contribution is -2.52. The second-order valence-corrected chi connectivity index (χ2v) is 6.97. The molecule has 0 bridgehead atoms. The summed E-state index contributed by atoms with van der Waals surface area (Å²) in [4.78, 5) is 16.2. The molecule has 2 aromatic rings. The zero-order valence-corrected chi connectivity index (χ0v) is 15.7. The van der Waals surface area contributed by atoms with Crippen LogP contribution in [0.1, 0.15) is 5.56 Å². The fourth-order valence-electron chi connectivity index (χ4n) is 3.00. The first kappa shape index (κ1) is 18.8. The minimum Gasteiger partial charge on any atom is -0.366 e. The molecule has 4 nitrogen and oxygen atoms in total. The van der Waals surface area contributed by atoms with Gasteiger partial charge in [0.1, 0.15) is 5.82 Å². The van der Waals surface area contributed by atoms with Gasteiger partial charge in [-0.1, -0.05) is 41.4 Å². The molecule has 1 fully saturated rings. The van der Waals surface area contributed by atoms with Crippen LogP contribution in [-0.4, -0.2) is 43.7 Å². The molecule has 1 N–H and O–H groups in total. The average Bonchev–Trinajstić information content (AvgIpc) is 2.64. The molecule has 0 aromatic heterocycles. The van der Waals surface area contributed by atoms with Crippen LogP contribution in [0.15, 0.2) is 42.5 Å². The van der Waals surface area contributed by atoms with Gasteiger partial charge in [-0.25, -0.2) is 9.18 Å². The van der Waals surface area contributed by atoms with Crippen molar-refractivity contribution in [2.24, 2.45) is 0 Å². The molecule has 26 heavy (non-hydrogen) atoms. The first-order valence-corrected chi connectivity index (χ1v) is 9.26. The van der Waals surface area contributed by atoms with Crippen LogP contribution < -0.4 is 10.2 Å². The molecule has 7 heteroatoms. The number of hydrogen-bond acceptors (Lipinski definition) is 2. The number of para-hydroxylation sites is 1. The van der Waals surface area contributed by atoms with E-state index >= 15 is 0 Å². The number of carbonyl (C=O) groups excluding carboxylic acids is 1. The second kappa shape index (κ2) is 8.60. The Bertz CT molecular complexity index is 742. The van der Waals surface area contributed by atoms with Crippen molar-refractivity contribution < 1.29 is 9.18 Å². The number of nitrogens with one attached hydrogen (secondary N) is 1. The molecular weight excluding hydrogens is 376 g/mol. The third-order valence-electron chi connectivity index (χ3n) is 4.42. The van der Waals surface area contributed by atoms with E-state index in [0.717, 1.165) is 11.3 Å². The molecule has 2 aromatic carbocycles. The molecule has 0 spiro atoms. The highest BCUT2D eigenvalue weighted by Crippen LogP contribution is 2.33. The van der Waals surface area contributed by atoms with Gasteiger partial charge in [-0.2, -0.15) is 0 Å². The summed E-state index contributed by atoms with van der Waals surface area (Å²) in [6.07, 6.45) is 0.668. The van der Waals surface area contributed by atoms with Gasteiger partial charge in [-0.15, -0.1) is 0 Å². The number of benzene rings is 2. The van der Waals surface area contributed by atoms with Gasteiger partial charge >= 0.3 is 6.03 Å². The minimum absolute atomic E-state index is 0.0861. The first-order chi connectivity index (χ1) is 12.5. The van der Waals surface area contributed by atoms with E-state index in [1.54, 1.807) is 17.0 Å². The Labute approximate surface area is 162 Å². The van der Waals surface area contributed by atoms with Crippen LogP contribution in [0.2, 0.25) is 10.0 Å². The largest absolute Gasteiger partial charge is 0.366 e. The summed E-state index contributed by atoms with van der Waals surface area (Å²) >= 11 is 12.5. The highest BCUT2D eigenvalue weighted by Gasteiger charge is 2.23. The average molecular weight is 396 g/mol. The van der Waals surface area contributed by atoms with Crippen molar-refractivity contribution in [1.29, 1.82) is 0 Å². The summed E-state index contributed by atoms with van der Waals surface area (Å²) in [6, 6.07) is 11.7. The maximum absolute atomic E-state index is 12.9. The number of anilines is 1. The monoisotopic (exact) mass is 395 g/mol. The Morgan fingerprint density at radius 3 is 2.23 bits per heavy atom. The predicted octanol–water partition coefficient (Wildman–Crippen LogP) is 4.21. The van der Waals surface area contributed by atoms with Crippen LogP contribution in [-0.2, 0) is 6.42 Å². The summed E-state index contributed by atoms with van der Waals surface area (Å²) in [5, 5.41) is 4.16. The van der Waals surface area contributed by atoms with E-state index in [1.165, 1.54) is 12.1 Å². The van der Waals surface area contributed by atoms with Crippen molar-refractivity contribution in [2.45, 2.75) is 6.42 Å². The van der Waals surface area contributed by atoms with E-state index < -0.39 is 0 Å². The van der Waals surface area contributed by atoms with Crippen LogP contribution in [0, 0.1) is 5.82 Å². The number of urea groups is 1. The number of piperazine rings is 1. The van der Waals surface area contributed by atoms with Crippen LogP contribution in [0.3, 0.4) is 0 Å². The zero-order chi connectivity index (χ0) is 18.5. The summed E-state index contributed by atoms with van der Waals surface area (Å²) in [7, 11) is 0. The van der Waals surface area contributed by atoms with Gasteiger partial charge in [0.25, 0.3) is 0 Å². The number of halogens is 3. The molecule has 0 aliphatic carbocycles. The summed E-state index contributed by atoms with van der Waals surface area (Å²) in [5.74, 6) is -0.255. The lowest BCUT2D eigenvalue weighted by molar-refractivity contribution is 0.194. The highest BCUT2D eigenvalue weighted by molar-refractivity contribution is 6.39. The minimum atomic E-state index is -0.255. The molecular formula is C19H20Cl2FN3O. The van der Waals surface area contributed by atoms with Gasteiger partial charge in [-0.3, -0.25) is 0 Å². The smallest absolute Gasteiger partial charge is 0.317 e. The van der Waals surface area contributed by atoms with Crippen molar-refractivity contribution in [1.82, 2.24) is 10.2 Å². The molecule has 0 atom stereocenters. The fraction of sp³-hybridized carbons (Fsp3) is 0.316. The van der Waals surface area contributed by atoms with Crippen LogP contribution in [0.25, 0.3) is 0 Å². The van der Waals surface area contributed by atoms with Crippen molar-refractivity contribution in [3.8, 4) is 0 Å². The maximum atomic E-state index is 12.9. The third kappa shape index (κ3) is 4.59. The number of amides is 2. The van der Waals surface area contributed by atoms with E-state index in [9.17, 15) is 9.18 Å². The van der Waals surface area contributed by atoms with E-state index in [2.05, 4.69) is 10.2 Å². The molecule has 138 valence electrons. The van der Waals surface area contributed by atoms with E-state index in [0.29, 0.717) is 49.2 Å². The molecule has 0 radical (unpaired) electrons. The molecule has 1 heterocycles. The van der Waals surface area contributed by atoms with Crippen molar-refractivity contribution in [3.05, 3.63) is 63.9 Å². The van der Waals surface area contributed by atoms with Gasteiger partial charge in [-0.05, 0) is 36.2 Å². The fourth-order valence-corrected chi connectivity index (χ4v) is 3.64. The highest BCUT2D eigenvalue weighted by atomic mass is 35.5. The van der Waals surface area contributed by atoms with Gasteiger partial charge in [0.2, 0.25) is 0 Å². The normalized spacial score (nSPS) is 14.4. The van der Waals surface area contributed by atoms with E-state index in [4.69, 9.17) is 23.2 Å². The predicted molar refractivity (Wildman–Crippen MR) is 104 cm³/mol. The number of nitrogens with zero attached hydrogens (tertiary/aromatic N) is 2. The Morgan fingerprint density at radius 2 is 1.62 bits per heavy atom. The first-order valence-electron chi connectivity index (χ1n) is 8.51. The molecule has 1 aliphatic rings. The molecule has 0 unspecified atom stereocenters. The summed E-state index contributed by atoms with van der Waals surface area (Å²) in [5.41, 5.74) is 1.82. The van der Waals surface area contributed by atoms with Crippen molar-refractivity contribution >= 4 is 34.9 Å². The Balaban J connectivity index is 1.47. The van der Waals surface area contributed by atoms with Gasteiger partial charge in [0.05, 0.1) is 15.7 Å². The standard InChI is InChI=1S/C19H20Cl2FN3O/c20-16-2-1-3-17(21)18(16)24-10-12-25(13-11-24)19(26)23-9-8-14-4-6-15(22)7-5-14/h1-7H,8-13H2,(H,23,26). The molecule has 1 aliphatic heterocycles. The Morgan fingerprint density at radius 1 is 1.00 bits per heavy atom. The van der Waals surface area contributed by atoms with Crippen molar-refractivity contribution in [3.63, 3.8) is 0 Å². The topological polar surface area (TPSA) is 35.6 Å². The summed E-state index contributed by atoms with van der Waals surface area (Å²) in [6.45, 7) is 3.07. The van der Waals surface area contributed by atoms with Crippen LogP contribution >= 0.6 is 23.2 Å². The van der Waals surface area contributed by atoms with Gasteiger partial charge in [0, 0.05) is 32.7 Å². The lowest BCUT2D eigenvalue weighted by Gasteiger charge is -2.36. The van der Waals surface area contributed by atoms with E-state index in [1.807, 2.05) is 18.2 Å². The van der Waals surface area contributed by atoms with Gasteiger partial charge < -0.3 is 15.1 Å². The van der Waals surface area contributed by atoms with Gasteiger partial charge in [0.15, 0.2) is 0 Å². The molecule has 3 rings (SSSR count). The SMILES string of the molecule is O=C(NCCc1ccc(F)cc1)N1CCN(c2c(Cl)cccc2Cl)CC1. The second-order valence-electron chi connectivity index (χ2n) is 6.15. The molecule has 1 saturated heterocycles.